The van der Waals surface area contributed by atoms with Crippen molar-refractivity contribution < 1.29 is 0 Å². The molecule has 0 aliphatic carbocycles. The smallest absolute Gasteiger partial charge is 0.106 e. The first-order valence-electron chi connectivity index (χ1n) is 8.77. The summed E-state index contributed by atoms with van der Waals surface area (Å²) in [6, 6.07) is 3.24. The highest BCUT2D eigenvalue weighted by Crippen LogP contribution is 2.19. The number of hydrogen-bond donors (Lipinski definition) is 1. The molecule has 0 amide bonds. The van der Waals surface area contributed by atoms with Crippen LogP contribution >= 0.6 is 0 Å². The summed E-state index contributed by atoms with van der Waals surface area (Å²) in [5.41, 5.74) is -0.313. The van der Waals surface area contributed by atoms with E-state index < -0.39 is 0 Å². The first-order chi connectivity index (χ1) is 10.1. The third-order valence-corrected chi connectivity index (χ3v) is 4.99. The number of nitriles is 1. The van der Waals surface area contributed by atoms with Gasteiger partial charge in [-0.3, -0.25) is 10.2 Å². The van der Waals surface area contributed by atoms with Gasteiger partial charge in [-0.05, 0) is 58.4 Å². The van der Waals surface area contributed by atoms with Crippen molar-refractivity contribution in [2.75, 3.05) is 39.3 Å². The summed E-state index contributed by atoms with van der Waals surface area (Å²) >= 11 is 0. The zero-order valence-electron chi connectivity index (χ0n) is 14.5. The molecule has 0 spiro atoms. The van der Waals surface area contributed by atoms with Crippen LogP contribution in [0.1, 0.15) is 53.4 Å². The second-order valence-electron chi connectivity index (χ2n) is 6.15. The first kappa shape index (κ1) is 18.4. The van der Waals surface area contributed by atoms with Crippen LogP contribution in [0.2, 0.25) is 0 Å². The average Bonchev–Trinajstić information content (AvgIpc) is 2.96. The van der Waals surface area contributed by atoms with Crippen LogP contribution in [0.3, 0.4) is 0 Å². The summed E-state index contributed by atoms with van der Waals surface area (Å²) in [5.74, 6) is 0. The van der Waals surface area contributed by atoms with Crippen LogP contribution < -0.4 is 5.32 Å². The lowest BCUT2D eigenvalue weighted by molar-refractivity contribution is 0.208. The molecule has 0 aromatic heterocycles. The standard InChI is InChI=1S/C17H34N4/c1-5-17(15-18,19-6-2)11-9-12-20-13-10-16(14-20)21(7-3)8-4/h16,19H,5-14H2,1-4H3. The Labute approximate surface area is 131 Å². The minimum Gasteiger partial charge on any atom is -0.302 e. The molecule has 1 heterocycles. The fraction of sp³-hybridized carbons (Fsp3) is 0.941. The molecular formula is C17H34N4. The molecule has 1 fully saturated rings. The third kappa shape index (κ3) is 5.25. The molecule has 1 aliphatic rings. The van der Waals surface area contributed by atoms with Gasteiger partial charge in [0.05, 0.1) is 6.07 Å². The lowest BCUT2D eigenvalue weighted by Crippen LogP contribution is -2.44. The number of nitrogens with one attached hydrogen (secondary N) is 1. The summed E-state index contributed by atoms with van der Waals surface area (Å²) in [6.45, 7) is 15.4. The molecule has 0 aromatic rings. The Morgan fingerprint density at radius 2 is 2.00 bits per heavy atom. The van der Waals surface area contributed by atoms with Crippen molar-refractivity contribution in [1.29, 1.82) is 5.26 Å². The Balaban J connectivity index is 2.35. The zero-order chi connectivity index (χ0) is 15.7. The van der Waals surface area contributed by atoms with Crippen molar-refractivity contribution in [2.45, 2.75) is 65.0 Å². The van der Waals surface area contributed by atoms with Gasteiger partial charge in [0.15, 0.2) is 0 Å². The molecule has 4 heteroatoms. The Morgan fingerprint density at radius 3 is 2.52 bits per heavy atom. The van der Waals surface area contributed by atoms with Crippen LogP contribution in [0.15, 0.2) is 0 Å². The predicted octanol–water partition coefficient (Wildman–Crippen LogP) is 2.46. The van der Waals surface area contributed by atoms with Gasteiger partial charge in [-0.15, -0.1) is 0 Å². The summed E-state index contributed by atoms with van der Waals surface area (Å²) in [5, 5.41) is 12.8. The zero-order valence-corrected chi connectivity index (χ0v) is 14.5. The monoisotopic (exact) mass is 294 g/mol. The van der Waals surface area contributed by atoms with Crippen molar-refractivity contribution in [3.63, 3.8) is 0 Å². The van der Waals surface area contributed by atoms with E-state index in [4.69, 9.17) is 0 Å². The van der Waals surface area contributed by atoms with Crippen molar-refractivity contribution in [3.8, 4) is 6.07 Å². The highest BCUT2D eigenvalue weighted by Gasteiger charge is 2.28. The van der Waals surface area contributed by atoms with Gasteiger partial charge in [0, 0.05) is 12.6 Å². The van der Waals surface area contributed by atoms with Gasteiger partial charge in [0.2, 0.25) is 0 Å². The molecule has 21 heavy (non-hydrogen) atoms. The number of likely N-dealkylation sites (tertiary alicyclic amines) is 1. The molecule has 4 nitrogen and oxygen atoms in total. The lowest BCUT2D eigenvalue weighted by atomic mass is 9.92. The van der Waals surface area contributed by atoms with Crippen LogP contribution in [-0.2, 0) is 0 Å². The Bertz CT molecular complexity index is 321. The number of likely N-dealkylation sites (N-methyl/N-ethyl adjacent to an activating group) is 1. The second kappa shape index (κ2) is 9.40. The van der Waals surface area contributed by atoms with E-state index >= 15 is 0 Å². The van der Waals surface area contributed by atoms with E-state index in [2.05, 4.69) is 48.9 Å². The molecule has 1 N–H and O–H groups in total. The van der Waals surface area contributed by atoms with E-state index in [0.29, 0.717) is 0 Å². The summed E-state index contributed by atoms with van der Waals surface area (Å²) in [4.78, 5) is 5.15. The van der Waals surface area contributed by atoms with E-state index in [-0.39, 0.29) is 5.54 Å². The summed E-state index contributed by atoms with van der Waals surface area (Å²) in [7, 11) is 0. The highest BCUT2D eigenvalue weighted by molar-refractivity contribution is 5.06. The number of nitrogens with zero attached hydrogens (tertiary/aromatic N) is 3. The fourth-order valence-corrected chi connectivity index (χ4v) is 3.56. The SMILES string of the molecule is CCNC(C#N)(CC)CCCN1CCC(N(CC)CC)C1. The number of rotatable bonds is 10. The van der Waals surface area contributed by atoms with E-state index in [0.717, 1.165) is 51.5 Å². The molecule has 2 unspecified atom stereocenters. The van der Waals surface area contributed by atoms with Crippen molar-refractivity contribution >= 4 is 0 Å². The third-order valence-electron chi connectivity index (χ3n) is 4.99. The van der Waals surface area contributed by atoms with Gasteiger partial charge in [-0.2, -0.15) is 5.26 Å². The Hall–Kier alpha value is -0.630. The van der Waals surface area contributed by atoms with Crippen LogP contribution in [0.25, 0.3) is 0 Å². The summed E-state index contributed by atoms with van der Waals surface area (Å²) < 4.78 is 0. The highest BCUT2D eigenvalue weighted by atomic mass is 15.2. The molecule has 1 rings (SSSR count). The predicted molar refractivity (Wildman–Crippen MR) is 89.3 cm³/mol. The van der Waals surface area contributed by atoms with E-state index in [1.54, 1.807) is 0 Å². The second-order valence-corrected chi connectivity index (χ2v) is 6.15. The van der Waals surface area contributed by atoms with Crippen molar-refractivity contribution in [1.82, 2.24) is 15.1 Å². The van der Waals surface area contributed by atoms with E-state index in [9.17, 15) is 5.26 Å². The van der Waals surface area contributed by atoms with Gasteiger partial charge >= 0.3 is 0 Å². The Kier molecular flexibility index (Phi) is 8.24. The van der Waals surface area contributed by atoms with E-state index in [1.165, 1.54) is 19.5 Å². The number of hydrogen-bond acceptors (Lipinski definition) is 4. The maximum atomic E-state index is 9.45. The molecule has 0 radical (unpaired) electrons. The van der Waals surface area contributed by atoms with Crippen molar-refractivity contribution in [2.24, 2.45) is 0 Å². The van der Waals surface area contributed by atoms with Crippen LogP contribution in [0.4, 0.5) is 0 Å². The normalized spacial score (nSPS) is 22.4. The molecule has 1 saturated heterocycles. The largest absolute Gasteiger partial charge is 0.302 e. The molecular weight excluding hydrogens is 260 g/mol. The molecule has 0 bridgehead atoms. The Morgan fingerprint density at radius 1 is 1.29 bits per heavy atom. The molecule has 122 valence electrons. The van der Waals surface area contributed by atoms with Crippen LogP contribution in [0, 0.1) is 11.3 Å². The first-order valence-corrected chi connectivity index (χ1v) is 8.77. The topological polar surface area (TPSA) is 42.3 Å². The van der Waals surface area contributed by atoms with Crippen LogP contribution in [-0.4, -0.2) is 60.6 Å². The van der Waals surface area contributed by atoms with Crippen molar-refractivity contribution in [3.05, 3.63) is 0 Å². The van der Waals surface area contributed by atoms with Gasteiger partial charge in [0.25, 0.3) is 0 Å². The maximum Gasteiger partial charge on any atom is 0.106 e. The average molecular weight is 294 g/mol. The van der Waals surface area contributed by atoms with Gasteiger partial charge in [-0.1, -0.05) is 27.7 Å². The minimum absolute atomic E-state index is 0.313. The maximum absolute atomic E-state index is 9.45. The summed E-state index contributed by atoms with van der Waals surface area (Å²) in [6.07, 6.45) is 4.26. The molecule has 0 saturated carbocycles. The minimum atomic E-state index is -0.313. The quantitative estimate of drug-likeness (QED) is 0.672. The fourth-order valence-electron chi connectivity index (χ4n) is 3.56. The van der Waals surface area contributed by atoms with Gasteiger partial charge < -0.3 is 4.90 Å². The lowest BCUT2D eigenvalue weighted by Gasteiger charge is -2.28. The van der Waals surface area contributed by atoms with Gasteiger partial charge in [-0.25, -0.2) is 0 Å². The van der Waals surface area contributed by atoms with Crippen LogP contribution in [0.5, 0.6) is 0 Å². The van der Waals surface area contributed by atoms with Gasteiger partial charge in [0.1, 0.15) is 5.54 Å². The van der Waals surface area contributed by atoms with E-state index in [1.807, 2.05) is 0 Å². The molecule has 0 aromatic carbocycles. The molecule has 1 aliphatic heterocycles. The molecule has 2 atom stereocenters.